The van der Waals surface area contributed by atoms with Gasteiger partial charge in [-0.3, -0.25) is 0 Å². The van der Waals surface area contributed by atoms with Crippen LogP contribution in [0.4, 0.5) is 0 Å². The van der Waals surface area contributed by atoms with E-state index in [-0.39, 0.29) is 0 Å². The largest absolute Gasteiger partial charge is 0.381 e. The van der Waals surface area contributed by atoms with E-state index in [2.05, 4.69) is 19.2 Å². The Balaban J connectivity index is 2.10. The second kappa shape index (κ2) is 7.24. The summed E-state index contributed by atoms with van der Waals surface area (Å²) in [5.74, 6) is 0.856. The molecule has 0 radical (unpaired) electrons. The van der Waals surface area contributed by atoms with Crippen LogP contribution in [0.2, 0.25) is 0 Å². The highest BCUT2D eigenvalue weighted by Gasteiger charge is 2.14. The van der Waals surface area contributed by atoms with Gasteiger partial charge in [-0.2, -0.15) is 0 Å². The first-order chi connectivity index (χ1) is 6.86. The topological polar surface area (TPSA) is 21.3 Å². The Hall–Kier alpha value is -0.0800. The Bertz CT molecular complexity index is 128. The first kappa shape index (κ1) is 12.0. The fourth-order valence-electron chi connectivity index (χ4n) is 2.08. The van der Waals surface area contributed by atoms with Gasteiger partial charge in [0.2, 0.25) is 0 Å². The fourth-order valence-corrected chi connectivity index (χ4v) is 2.08. The molecular formula is C12H25NO. The molecule has 1 atom stereocenters. The van der Waals surface area contributed by atoms with E-state index in [0.717, 1.165) is 25.2 Å². The third-order valence-electron chi connectivity index (χ3n) is 3.17. The summed E-state index contributed by atoms with van der Waals surface area (Å²) in [7, 11) is 0. The Morgan fingerprint density at radius 1 is 1.29 bits per heavy atom. The number of hydrogen-bond acceptors (Lipinski definition) is 2. The number of rotatable bonds is 6. The van der Waals surface area contributed by atoms with Crippen molar-refractivity contribution in [2.45, 2.75) is 52.0 Å². The van der Waals surface area contributed by atoms with Crippen molar-refractivity contribution >= 4 is 0 Å². The van der Waals surface area contributed by atoms with Crippen molar-refractivity contribution in [2.75, 3.05) is 19.8 Å². The molecule has 0 aliphatic carbocycles. The van der Waals surface area contributed by atoms with Crippen LogP contribution in [0, 0.1) is 5.92 Å². The van der Waals surface area contributed by atoms with Gasteiger partial charge in [-0.25, -0.2) is 0 Å². The molecule has 2 heteroatoms. The molecule has 84 valence electrons. The molecule has 1 aliphatic heterocycles. The minimum absolute atomic E-state index is 0.739. The van der Waals surface area contributed by atoms with E-state index in [0.29, 0.717) is 0 Å². The van der Waals surface area contributed by atoms with E-state index >= 15 is 0 Å². The molecule has 2 nitrogen and oxygen atoms in total. The average molecular weight is 199 g/mol. The molecule has 0 spiro atoms. The molecule has 1 fully saturated rings. The van der Waals surface area contributed by atoms with Crippen molar-refractivity contribution in [3.63, 3.8) is 0 Å². The van der Waals surface area contributed by atoms with E-state index in [1.54, 1.807) is 0 Å². The molecule has 0 bridgehead atoms. The third-order valence-corrected chi connectivity index (χ3v) is 3.17. The van der Waals surface area contributed by atoms with Gasteiger partial charge in [0.05, 0.1) is 0 Å². The summed E-state index contributed by atoms with van der Waals surface area (Å²) in [5.41, 5.74) is 0. The summed E-state index contributed by atoms with van der Waals surface area (Å²) in [6.45, 7) is 7.67. The molecule has 14 heavy (non-hydrogen) atoms. The SMILES string of the molecule is CCCC(CC)NCC1CCOCC1. The molecule has 1 saturated heterocycles. The van der Waals surface area contributed by atoms with Gasteiger partial charge in [-0.1, -0.05) is 20.3 Å². The maximum absolute atomic E-state index is 5.35. The Labute approximate surface area is 88.4 Å². The smallest absolute Gasteiger partial charge is 0.0469 e. The molecule has 0 aromatic carbocycles. The monoisotopic (exact) mass is 199 g/mol. The molecule has 0 aromatic rings. The lowest BCUT2D eigenvalue weighted by atomic mass is 9.99. The number of hydrogen-bond donors (Lipinski definition) is 1. The lowest BCUT2D eigenvalue weighted by molar-refractivity contribution is 0.0653. The maximum Gasteiger partial charge on any atom is 0.0469 e. The van der Waals surface area contributed by atoms with Gasteiger partial charge in [0, 0.05) is 19.3 Å². The fraction of sp³-hybridized carbons (Fsp3) is 1.00. The van der Waals surface area contributed by atoms with Crippen molar-refractivity contribution in [1.29, 1.82) is 0 Å². The van der Waals surface area contributed by atoms with Gasteiger partial charge in [0.1, 0.15) is 0 Å². The summed E-state index contributed by atoms with van der Waals surface area (Å²) < 4.78 is 5.35. The zero-order valence-electron chi connectivity index (χ0n) is 9.72. The first-order valence-corrected chi connectivity index (χ1v) is 6.18. The molecule has 1 unspecified atom stereocenters. The highest BCUT2D eigenvalue weighted by Crippen LogP contribution is 2.14. The van der Waals surface area contributed by atoms with E-state index in [9.17, 15) is 0 Å². The van der Waals surface area contributed by atoms with Crippen molar-refractivity contribution in [2.24, 2.45) is 5.92 Å². The van der Waals surface area contributed by atoms with Gasteiger partial charge < -0.3 is 10.1 Å². The summed E-state index contributed by atoms with van der Waals surface area (Å²) in [6.07, 6.45) is 6.36. The van der Waals surface area contributed by atoms with Crippen LogP contribution in [-0.2, 0) is 4.74 Å². The molecule has 0 saturated carbocycles. The quantitative estimate of drug-likeness (QED) is 0.710. The number of nitrogens with one attached hydrogen (secondary N) is 1. The van der Waals surface area contributed by atoms with Gasteiger partial charge in [-0.15, -0.1) is 0 Å². The first-order valence-electron chi connectivity index (χ1n) is 6.18. The summed E-state index contributed by atoms with van der Waals surface area (Å²) >= 11 is 0. The van der Waals surface area contributed by atoms with Crippen LogP contribution < -0.4 is 5.32 Å². The van der Waals surface area contributed by atoms with Gasteiger partial charge in [0.25, 0.3) is 0 Å². The lowest BCUT2D eigenvalue weighted by Gasteiger charge is -2.25. The third kappa shape index (κ3) is 4.43. The minimum atomic E-state index is 0.739. The molecule has 0 amide bonds. The average Bonchev–Trinajstić information content (AvgIpc) is 2.25. The lowest BCUT2D eigenvalue weighted by Crippen LogP contribution is -2.34. The van der Waals surface area contributed by atoms with E-state index in [1.807, 2.05) is 0 Å². The Kier molecular flexibility index (Phi) is 6.20. The Morgan fingerprint density at radius 3 is 2.57 bits per heavy atom. The molecule has 1 aliphatic rings. The van der Waals surface area contributed by atoms with Crippen molar-refractivity contribution in [1.82, 2.24) is 5.32 Å². The molecule has 1 heterocycles. The summed E-state index contributed by atoms with van der Waals surface area (Å²) in [6, 6.07) is 0.739. The second-order valence-corrected chi connectivity index (χ2v) is 4.36. The molecule has 1 N–H and O–H groups in total. The van der Waals surface area contributed by atoms with Crippen LogP contribution in [0.1, 0.15) is 46.0 Å². The van der Waals surface area contributed by atoms with Crippen molar-refractivity contribution < 1.29 is 4.74 Å². The van der Waals surface area contributed by atoms with Crippen LogP contribution in [-0.4, -0.2) is 25.8 Å². The highest BCUT2D eigenvalue weighted by molar-refractivity contribution is 4.70. The van der Waals surface area contributed by atoms with E-state index < -0.39 is 0 Å². The van der Waals surface area contributed by atoms with E-state index in [4.69, 9.17) is 4.74 Å². The maximum atomic E-state index is 5.35. The standard InChI is InChI=1S/C12H25NO/c1-3-5-12(4-2)13-10-11-6-8-14-9-7-11/h11-13H,3-10H2,1-2H3. The zero-order chi connectivity index (χ0) is 10.2. The zero-order valence-corrected chi connectivity index (χ0v) is 9.72. The Morgan fingerprint density at radius 2 is 2.00 bits per heavy atom. The second-order valence-electron chi connectivity index (χ2n) is 4.36. The summed E-state index contributed by atoms with van der Waals surface area (Å²) in [4.78, 5) is 0. The minimum Gasteiger partial charge on any atom is -0.381 e. The van der Waals surface area contributed by atoms with Crippen LogP contribution in [0.25, 0.3) is 0 Å². The van der Waals surface area contributed by atoms with E-state index in [1.165, 1.54) is 38.6 Å². The normalized spacial score (nSPS) is 21.0. The van der Waals surface area contributed by atoms with Crippen LogP contribution in [0.15, 0.2) is 0 Å². The predicted octanol–water partition coefficient (Wildman–Crippen LogP) is 2.58. The van der Waals surface area contributed by atoms with Gasteiger partial charge in [0.15, 0.2) is 0 Å². The molecule has 1 rings (SSSR count). The number of ether oxygens (including phenoxy) is 1. The van der Waals surface area contributed by atoms with Crippen LogP contribution in [0.5, 0.6) is 0 Å². The van der Waals surface area contributed by atoms with Crippen molar-refractivity contribution in [3.05, 3.63) is 0 Å². The molecule has 0 aromatic heterocycles. The van der Waals surface area contributed by atoms with Crippen LogP contribution >= 0.6 is 0 Å². The molecular weight excluding hydrogens is 174 g/mol. The van der Waals surface area contributed by atoms with Crippen molar-refractivity contribution in [3.8, 4) is 0 Å². The highest BCUT2D eigenvalue weighted by atomic mass is 16.5. The van der Waals surface area contributed by atoms with Gasteiger partial charge >= 0.3 is 0 Å². The summed E-state index contributed by atoms with van der Waals surface area (Å²) in [5, 5.41) is 3.68. The van der Waals surface area contributed by atoms with Gasteiger partial charge in [-0.05, 0) is 38.1 Å². The van der Waals surface area contributed by atoms with Crippen LogP contribution in [0.3, 0.4) is 0 Å². The predicted molar refractivity (Wildman–Crippen MR) is 60.5 cm³/mol.